The fraction of sp³-hybridized carbons (Fsp3) is 0.786. The molecule has 0 radical (unpaired) electrons. The lowest BCUT2D eigenvalue weighted by Crippen LogP contribution is -2.60. The molecule has 3 heterocycles. The average Bonchev–Trinajstić information content (AvgIpc) is 2.75. The summed E-state index contributed by atoms with van der Waals surface area (Å²) in [6.45, 7) is 9.93. The highest BCUT2D eigenvalue weighted by molar-refractivity contribution is 5.16. The molecule has 0 unspecified atom stereocenters. The van der Waals surface area contributed by atoms with Crippen LogP contribution in [0.4, 0.5) is 0 Å². The van der Waals surface area contributed by atoms with Gasteiger partial charge in [-0.3, -0.25) is 14.5 Å². The molecule has 1 aromatic rings. The Bertz CT molecular complexity index is 436. The van der Waals surface area contributed by atoms with E-state index in [0.29, 0.717) is 12.6 Å². The van der Waals surface area contributed by atoms with Gasteiger partial charge in [0, 0.05) is 50.5 Å². The molecule has 6 nitrogen and oxygen atoms in total. The molecule has 0 amide bonds. The molecule has 0 atom stereocenters. The van der Waals surface area contributed by atoms with Gasteiger partial charge in [-0.1, -0.05) is 0 Å². The number of rotatable bonds is 5. The third-order valence-corrected chi connectivity index (χ3v) is 4.27. The van der Waals surface area contributed by atoms with Crippen molar-refractivity contribution in [1.82, 2.24) is 19.6 Å². The first kappa shape index (κ1) is 14.0. The highest BCUT2D eigenvalue weighted by Gasteiger charge is 2.32. The van der Waals surface area contributed by atoms with Crippen LogP contribution in [0.2, 0.25) is 0 Å². The molecule has 0 aromatic carbocycles. The normalized spacial score (nSPS) is 22.1. The van der Waals surface area contributed by atoms with E-state index >= 15 is 0 Å². The van der Waals surface area contributed by atoms with Gasteiger partial charge in [0.05, 0.1) is 32.1 Å². The maximum Gasteiger partial charge on any atom is 0.0641 e. The van der Waals surface area contributed by atoms with E-state index in [4.69, 9.17) is 9.84 Å². The monoisotopic (exact) mass is 280 g/mol. The van der Waals surface area contributed by atoms with Crippen LogP contribution >= 0.6 is 0 Å². The molecule has 0 aliphatic carbocycles. The largest absolute Gasteiger partial charge is 0.394 e. The minimum atomic E-state index is 0.142. The zero-order valence-corrected chi connectivity index (χ0v) is 12.2. The van der Waals surface area contributed by atoms with Crippen LogP contribution in [0.1, 0.15) is 11.3 Å². The predicted octanol–water partition coefficient (Wildman–Crippen LogP) is -0.300. The van der Waals surface area contributed by atoms with Gasteiger partial charge < -0.3 is 9.84 Å². The summed E-state index contributed by atoms with van der Waals surface area (Å²) in [6.07, 6.45) is 2.06. The summed E-state index contributed by atoms with van der Waals surface area (Å²) < 4.78 is 7.23. The molecule has 0 saturated carbocycles. The van der Waals surface area contributed by atoms with Crippen LogP contribution in [-0.2, 0) is 17.8 Å². The van der Waals surface area contributed by atoms with Crippen molar-refractivity contribution in [2.75, 3.05) is 46.0 Å². The lowest BCUT2D eigenvalue weighted by molar-refractivity contribution is -0.0344. The van der Waals surface area contributed by atoms with E-state index in [9.17, 15) is 0 Å². The number of hydrogen-bond acceptors (Lipinski definition) is 5. The van der Waals surface area contributed by atoms with Crippen molar-refractivity contribution < 1.29 is 9.84 Å². The molecular formula is C14H24N4O2. The standard InChI is InChI=1S/C14H24N4O2/c1-12-13(9-18(15-12)2-5-19)8-16-10-14(11-16)17-3-6-20-7-4-17/h9,14,19H,2-8,10-11H2,1H3. The van der Waals surface area contributed by atoms with E-state index in [1.807, 2.05) is 11.6 Å². The molecule has 0 spiro atoms. The number of aliphatic hydroxyl groups is 1. The Hall–Kier alpha value is -0.950. The molecule has 2 aliphatic heterocycles. The Balaban J connectivity index is 1.48. The topological polar surface area (TPSA) is 53.8 Å². The number of likely N-dealkylation sites (tertiary alicyclic amines) is 1. The van der Waals surface area contributed by atoms with Crippen LogP contribution in [0, 0.1) is 6.92 Å². The summed E-state index contributed by atoms with van der Waals surface area (Å²) in [5.41, 5.74) is 2.35. The van der Waals surface area contributed by atoms with Crippen molar-refractivity contribution >= 4 is 0 Å². The smallest absolute Gasteiger partial charge is 0.0641 e. The Morgan fingerprint density at radius 1 is 1.35 bits per heavy atom. The minimum Gasteiger partial charge on any atom is -0.394 e. The Kier molecular flexibility index (Phi) is 4.35. The highest BCUT2D eigenvalue weighted by atomic mass is 16.5. The van der Waals surface area contributed by atoms with Crippen molar-refractivity contribution in [3.05, 3.63) is 17.5 Å². The summed E-state index contributed by atoms with van der Waals surface area (Å²) in [6, 6.07) is 0.701. The Labute approximate surface area is 119 Å². The number of hydrogen-bond donors (Lipinski definition) is 1. The molecule has 1 N–H and O–H groups in total. The first-order valence-corrected chi connectivity index (χ1v) is 7.44. The van der Waals surface area contributed by atoms with Crippen LogP contribution < -0.4 is 0 Å². The van der Waals surface area contributed by atoms with Crippen molar-refractivity contribution in [1.29, 1.82) is 0 Å². The lowest BCUT2D eigenvalue weighted by Gasteiger charge is -2.46. The predicted molar refractivity (Wildman–Crippen MR) is 75.5 cm³/mol. The van der Waals surface area contributed by atoms with Crippen LogP contribution in [0.15, 0.2) is 6.20 Å². The van der Waals surface area contributed by atoms with E-state index < -0.39 is 0 Å². The SMILES string of the molecule is Cc1nn(CCO)cc1CN1CC(N2CCOCC2)C1. The molecule has 2 aliphatic rings. The first-order chi connectivity index (χ1) is 9.76. The second kappa shape index (κ2) is 6.22. The van der Waals surface area contributed by atoms with Crippen molar-refractivity contribution in [2.45, 2.75) is 26.1 Å². The number of aryl methyl sites for hydroxylation is 1. The number of ether oxygens (including phenoxy) is 1. The van der Waals surface area contributed by atoms with Gasteiger partial charge in [0.2, 0.25) is 0 Å². The molecule has 112 valence electrons. The van der Waals surface area contributed by atoms with E-state index in [-0.39, 0.29) is 6.61 Å². The van der Waals surface area contributed by atoms with Crippen LogP contribution in [0.5, 0.6) is 0 Å². The molecule has 2 fully saturated rings. The van der Waals surface area contributed by atoms with Gasteiger partial charge >= 0.3 is 0 Å². The van der Waals surface area contributed by atoms with Crippen LogP contribution in [-0.4, -0.2) is 76.7 Å². The van der Waals surface area contributed by atoms with Crippen LogP contribution in [0.25, 0.3) is 0 Å². The van der Waals surface area contributed by atoms with Gasteiger partial charge in [0.1, 0.15) is 0 Å². The maximum absolute atomic E-state index is 8.95. The van der Waals surface area contributed by atoms with Crippen molar-refractivity contribution in [3.8, 4) is 0 Å². The highest BCUT2D eigenvalue weighted by Crippen LogP contribution is 2.20. The summed E-state index contributed by atoms with van der Waals surface area (Å²) >= 11 is 0. The minimum absolute atomic E-state index is 0.142. The second-order valence-electron chi connectivity index (χ2n) is 5.72. The molecule has 2 saturated heterocycles. The van der Waals surface area contributed by atoms with Gasteiger partial charge in [-0.05, 0) is 6.92 Å². The van der Waals surface area contributed by atoms with Crippen molar-refractivity contribution in [3.63, 3.8) is 0 Å². The summed E-state index contributed by atoms with van der Waals surface area (Å²) in [7, 11) is 0. The third-order valence-electron chi connectivity index (χ3n) is 4.27. The molecule has 20 heavy (non-hydrogen) atoms. The van der Waals surface area contributed by atoms with E-state index in [1.165, 1.54) is 5.56 Å². The summed E-state index contributed by atoms with van der Waals surface area (Å²) in [4.78, 5) is 5.01. The molecule has 0 bridgehead atoms. The second-order valence-corrected chi connectivity index (χ2v) is 5.72. The molecule has 3 rings (SSSR count). The van der Waals surface area contributed by atoms with Crippen molar-refractivity contribution in [2.24, 2.45) is 0 Å². The van der Waals surface area contributed by atoms with Gasteiger partial charge in [-0.25, -0.2) is 0 Å². The number of nitrogens with zero attached hydrogens (tertiary/aromatic N) is 4. The first-order valence-electron chi connectivity index (χ1n) is 7.44. The zero-order chi connectivity index (χ0) is 13.9. The lowest BCUT2D eigenvalue weighted by atomic mass is 10.1. The van der Waals surface area contributed by atoms with Gasteiger partial charge in [0.25, 0.3) is 0 Å². The number of aliphatic hydroxyl groups excluding tert-OH is 1. The summed E-state index contributed by atoms with van der Waals surface area (Å²) in [5.74, 6) is 0. The number of morpholine rings is 1. The Morgan fingerprint density at radius 3 is 2.80 bits per heavy atom. The van der Waals surface area contributed by atoms with E-state index in [2.05, 4.69) is 21.1 Å². The van der Waals surface area contributed by atoms with E-state index in [1.54, 1.807) is 0 Å². The summed E-state index contributed by atoms with van der Waals surface area (Å²) in [5, 5.41) is 13.4. The fourth-order valence-electron chi connectivity index (χ4n) is 3.02. The average molecular weight is 280 g/mol. The quantitative estimate of drug-likeness (QED) is 0.802. The molecule has 1 aromatic heterocycles. The van der Waals surface area contributed by atoms with Gasteiger partial charge in [0.15, 0.2) is 0 Å². The third kappa shape index (κ3) is 3.03. The Morgan fingerprint density at radius 2 is 2.10 bits per heavy atom. The number of aromatic nitrogens is 2. The van der Waals surface area contributed by atoms with Crippen LogP contribution in [0.3, 0.4) is 0 Å². The molecular weight excluding hydrogens is 256 g/mol. The zero-order valence-electron chi connectivity index (χ0n) is 12.2. The van der Waals surface area contributed by atoms with E-state index in [0.717, 1.165) is 51.6 Å². The maximum atomic E-state index is 8.95. The van der Waals surface area contributed by atoms with Gasteiger partial charge in [-0.15, -0.1) is 0 Å². The van der Waals surface area contributed by atoms with Gasteiger partial charge in [-0.2, -0.15) is 5.10 Å². The fourth-order valence-corrected chi connectivity index (χ4v) is 3.02. The molecule has 6 heteroatoms.